The summed E-state index contributed by atoms with van der Waals surface area (Å²) >= 11 is 0. The van der Waals surface area contributed by atoms with Gasteiger partial charge in [-0.1, -0.05) is 56.3 Å². The van der Waals surface area contributed by atoms with Gasteiger partial charge in [-0.15, -0.1) is 0 Å². The Kier molecular flexibility index (Phi) is 5.80. The first-order chi connectivity index (χ1) is 17.3. The number of carbonyl (C=O) groups is 1. The first-order valence-electron chi connectivity index (χ1n) is 12.2. The lowest BCUT2D eigenvalue weighted by Gasteiger charge is -2.43. The highest BCUT2D eigenvalue weighted by Gasteiger charge is 2.45. The number of nitrogens with zero attached hydrogens (tertiary/aromatic N) is 3. The van der Waals surface area contributed by atoms with Gasteiger partial charge in [-0.2, -0.15) is 10.4 Å². The maximum absolute atomic E-state index is 13.8. The molecule has 1 aromatic heterocycles. The van der Waals surface area contributed by atoms with Crippen LogP contribution >= 0.6 is 0 Å². The van der Waals surface area contributed by atoms with Crippen LogP contribution in [0.25, 0.3) is 11.1 Å². The third kappa shape index (κ3) is 3.81. The van der Waals surface area contributed by atoms with E-state index in [2.05, 4.69) is 42.0 Å². The van der Waals surface area contributed by atoms with Crippen LogP contribution in [0.15, 0.2) is 77.1 Å². The van der Waals surface area contributed by atoms with Gasteiger partial charge >= 0.3 is 0 Å². The van der Waals surface area contributed by atoms with Crippen molar-refractivity contribution >= 4 is 11.6 Å². The highest BCUT2D eigenvalue weighted by Crippen LogP contribution is 2.52. The maximum atomic E-state index is 13.8. The number of hydrogen-bond acceptors (Lipinski definition) is 5. The lowest BCUT2D eigenvalue weighted by molar-refractivity contribution is -0.118. The SMILES string of the molecule is COc1ccc(C2C(C#N)=C(C)N(c3n[nH]c(C)c3-c3ccccc3)C3=C2C(=O)CC(C)(C)C3)cc1. The summed E-state index contributed by atoms with van der Waals surface area (Å²) in [6, 6.07) is 20.2. The fourth-order valence-corrected chi connectivity index (χ4v) is 5.60. The van der Waals surface area contributed by atoms with E-state index in [-0.39, 0.29) is 11.2 Å². The van der Waals surface area contributed by atoms with Crippen molar-refractivity contribution in [3.63, 3.8) is 0 Å². The largest absolute Gasteiger partial charge is 0.497 e. The quantitative estimate of drug-likeness (QED) is 0.467. The van der Waals surface area contributed by atoms with Crippen LogP contribution in [0.1, 0.15) is 50.8 Å². The summed E-state index contributed by atoms with van der Waals surface area (Å²) in [6.45, 7) is 8.21. The van der Waals surface area contributed by atoms with Crippen molar-refractivity contribution in [1.82, 2.24) is 10.2 Å². The smallest absolute Gasteiger partial charge is 0.167 e. The minimum Gasteiger partial charge on any atom is -0.497 e. The molecule has 3 aromatic rings. The zero-order valence-electron chi connectivity index (χ0n) is 21.3. The highest BCUT2D eigenvalue weighted by molar-refractivity contribution is 6.02. The summed E-state index contributed by atoms with van der Waals surface area (Å²) in [7, 11) is 1.63. The fraction of sp³-hybridized carbons (Fsp3) is 0.300. The van der Waals surface area contributed by atoms with Crippen LogP contribution in [0.2, 0.25) is 0 Å². The van der Waals surface area contributed by atoms with E-state index < -0.39 is 5.92 Å². The van der Waals surface area contributed by atoms with Gasteiger partial charge in [0, 0.05) is 34.6 Å². The molecule has 1 unspecified atom stereocenters. The number of aryl methyl sites for hydroxylation is 1. The summed E-state index contributed by atoms with van der Waals surface area (Å²) in [5, 5.41) is 18.3. The zero-order chi connectivity index (χ0) is 25.6. The average Bonchev–Trinajstić information content (AvgIpc) is 3.24. The Morgan fingerprint density at radius 1 is 1.08 bits per heavy atom. The van der Waals surface area contributed by atoms with Crippen molar-refractivity contribution in [1.29, 1.82) is 5.26 Å². The Morgan fingerprint density at radius 3 is 2.42 bits per heavy atom. The molecule has 0 amide bonds. The van der Waals surface area contributed by atoms with Gasteiger partial charge in [0.2, 0.25) is 0 Å². The molecule has 2 aromatic carbocycles. The number of nitrogens with one attached hydrogen (secondary N) is 1. The minimum atomic E-state index is -0.420. The predicted molar refractivity (Wildman–Crippen MR) is 140 cm³/mol. The number of benzene rings is 2. The lowest BCUT2D eigenvalue weighted by Crippen LogP contribution is -2.39. The standard InChI is InChI=1S/C30H30N4O2/c1-18-26(20-9-7-6-8-10-20)29(33-32-18)34-19(2)23(17-31)27(21-11-13-22(36-5)14-12-21)28-24(34)15-30(3,4)16-25(28)35/h6-14,27H,15-16H2,1-5H3,(H,32,33). The van der Waals surface area contributed by atoms with E-state index in [9.17, 15) is 10.1 Å². The Balaban J connectivity index is 1.77. The number of methoxy groups -OCH3 is 1. The molecule has 1 atom stereocenters. The number of carbonyl (C=O) groups excluding carboxylic acids is 1. The predicted octanol–water partition coefficient (Wildman–Crippen LogP) is 6.44. The maximum Gasteiger partial charge on any atom is 0.167 e. The minimum absolute atomic E-state index is 0.0841. The summed E-state index contributed by atoms with van der Waals surface area (Å²) in [6.07, 6.45) is 1.14. The van der Waals surface area contributed by atoms with Gasteiger partial charge in [-0.05, 0) is 48.9 Å². The van der Waals surface area contributed by atoms with E-state index in [1.807, 2.05) is 56.3 Å². The first kappa shape index (κ1) is 23.6. The number of aromatic nitrogens is 2. The van der Waals surface area contributed by atoms with Gasteiger partial charge in [0.1, 0.15) is 5.75 Å². The Morgan fingerprint density at radius 2 is 1.78 bits per heavy atom. The molecule has 2 heterocycles. The number of Topliss-reactive ketones (excluding diaryl/α,β-unsaturated/α-hetero) is 1. The lowest BCUT2D eigenvalue weighted by atomic mass is 9.68. The van der Waals surface area contributed by atoms with Crippen LogP contribution in [0, 0.1) is 23.7 Å². The molecule has 0 spiro atoms. The molecule has 0 bridgehead atoms. The van der Waals surface area contributed by atoms with Crippen molar-refractivity contribution in [3.8, 4) is 22.9 Å². The van der Waals surface area contributed by atoms with Gasteiger partial charge in [0.15, 0.2) is 11.6 Å². The Labute approximate surface area is 211 Å². The van der Waals surface area contributed by atoms with Crippen molar-refractivity contribution < 1.29 is 9.53 Å². The van der Waals surface area contributed by atoms with Crippen molar-refractivity contribution in [2.45, 2.75) is 46.5 Å². The molecule has 0 radical (unpaired) electrons. The molecular weight excluding hydrogens is 448 g/mol. The Hall–Kier alpha value is -4.11. The molecule has 6 heteroatoms. The number of ether oxygens (including phenoxy) is 1. The number of ketones is 1. The number of anilines is 1. The third-order valence-corrected chi connectivity index (χ3v) is 7.24. The molecule has 1 aliphatic carbocycles. The molecule has 0 fully saturated rings. The third-order valence-electron chi connectivity index (χ3n) is 7.24. The van der Waals surface area contributed by atoms with Crippen molar-refractivity contribution in [3.05, 3.63) is 88.4 Å². The number of hydrogen-bond donors (Lipinski definition) is 1. The van der Waals surface area contributed by atoms with E-state index in [1.54, 1.807) is 7.11 Å². The van der Waals surface area contributed by atoms with Crippen LogP contribution in [0.3, 0.4) is 0 Å². The molecule has 5 rings (SSSR count). The molecule has 1 N–H and O–H groups in total. The number of nitriles is 1. The molecule has 0 saturated carbocycles. The number of aromatic amines is 1. The molecule has 182 valence electrons. The van der Waals surface area contributed by atoms with E-state index in [4.69, 9.17) is 9.84 Å². The van der Waals surface area contributed by atoms with Gasteiger partial charge in [-0.25, -0.2) is 0 Å². The van der Waals surface area contributed by atoms with Gasteiger partial charge in [0.05, 0.1) is 24.7 Å². The Bertz CT molecular complexity index is 1440. The summed E-state index contributed by atoms with van der Waals surface area (Å²) in [5.41, 5.74) is 6.62. The van der Waals surface area contributed by atoms with Crippen molar-refractivity contribution in [2.75, 3.05) is 12.0 Å². The van der Waals surface area contributed by atoms with Crippen LogP contribution in [0.5, 0.6) is 5.75 Å². The topological polar surface area (TPSA) is 82.0 Å². The van der Waals surface area contributed by atoms with Crippen LogP contribution in [-0.4, -0.2) is 23.1 Å². The molecular formula is C30H30N4O2. The second kappa shape index (κ2) is 8.83. The second-order valence-electron chi connectivity index (χ2n) is 10.4. The van der Waals surface area contributed by atoms with E-state index in [0.717, 1.165) is 45.3 Å². The average molecular weight is 479 g/mol. The van der Waals surface area contributed by atoms with Crippen LogP contribution < -0.4 is 9.64 Å². The highest BCUT2D eigenvalue weighted by atomic mass is 16.5. The van der Waals surface area contributed by atoms with E-state index in [1.165, 1.54) is 0 Å². The summed E-state index contributed by atoms with van der Waals surface area (Å²) in [5.74, 6) is 1.12. The second-order valence-corrected chi connectivity index (χ2v) is 10.4. The fourth-order valence-electron chi connectivity index (χ4n) is 5.60. The molecule has 0 saturated heterocycles. The van der Waals surface area contributed by atoms with Crippen LogP contribution in [0.4, 0.5) is 5.82 Å². The molecule has 2 aliphatic rings. The van der Waals surface area contributed by atoms with Crippen LogP contribution in [-0.2, 0) is 4.79 Å². The number of H-pyrrole nitrogens is 1. The number of allylic oxidation sites excluding steroid dienone is 4. The summed E-state index contributed by atoms with van der Waals surface area (Å²) < 4.78 is 5.34. The monoisotopic (exact) mass is 478 g/mol. The van der Waals surface area contributed by atoms with Gasteiger partial charge in [0.25, 0.3) is 0 Å². The number of rotatable bonds is 4. The normalized spacial score (nSPS) is 19.3. The van der Waals surface area contributed by atoms with E-state index >= 15 is 0 Å². The van der Waals surface area contributed by atoms with Crippen molar-refractivity contribution in [2.24, 2.45) is 5.41 Å². The van der Waals surface area contributed by atoms with Gasteiger partial charge in [-0.3, -0.25) is 14.8 Å². The van der Waals surface area contributed by atoms with Gasteiger partial charge < -0.3 is 4.74 Å². The molecule has 1 aliphatic heterocycles. The summed E-state index contributed by atoms with van der Waals surface area (Å²) in [4.78, 5) is 15.8. The van der Waals surface area contributed by atoms with E-state index in [0.29, 0.717) is 24.0 Å². The zero-order valence-corrected chi connectivity index (χ0v) is 21.3. The molecule has 36 heavy (non-hydrogen) atoms. The molecule has 6 nitrogen and oxygen atoms in total. The first-order valence-corrected chi connectivity index (χ1v) is 12.2.